The Hall–Kier alpha value is -2.59. The maximum Gasteiger partial charge on any atom is 0.221 e. The number of ether oxygens (including phenoxy) is 1. The highest BCUT2D eigenvalue weighted by Crippen LogP contribution is 2.20. The van der Waals surface area contributed by atoms with Crippen molar-refractivity contribution < 1.29 is 14.8 Å². The molecule has 1 heterocycles. The average Bonchev–Trinajstić information content (AvgIpc) is 3.09. The molecule has 0 fully saturated rings. The Bertz CT molecular complexity index is 852. The lowest BCUT2D eigenvalue weighted by Crippen LogP contribution is -2.91. The number of rotatable bonds is 7. The van der Waals surface area contributed by atoms with Crippen molar-refractivity contribution in [2.45, 2.75) is 32.4 Å². The summed E-state index contributed by atoms with van der Waals surface area (Å²) >= 11 is 0. The van der Waals surface area contributed by atoms with Gasteiger partial charge in [0.05, 0.1) is 7.11 Å². The summed E-state index contributed by atoms with van der Waals surface area (Å²) in [4.78, 5) is 16.1. The maximum absolute atomic E-state index is 12.9. The van der Waals surface area contributed by atoms with Crippen molar-refractivity contribution in [1.82, 2.24) is 4.98 Å². The third kappa shape index (κ3) is 3.59. The van der Waals surface area contributed by atoms with Crippen LogP contribution in [0.25, 0.3) is 10.9 Å². The van der Waals surface area contributed by atoms with E-state index in [4.69, 9.17) is 4.74 Å². The van der Waals surface area contributed by atoms with E-state index < -0.39 is 0 Å². The molecular weight excluding hydrogens is 312 g/mol. The highest BCUT2D eigenvalue weighted by molar-refractivity contribution is 6.09. The summed E-state index contributed by atoms with van der Waals surface area (Å²) in [5.74, 6) is 1.01. The molecule has 0 saturated carbocycles. The molecule has 3 rings (SSSR count). The number of carbonyl (C=O) groups excluding carboxylic acids is 1. The van der Waals surface area contributed by atoms with E-state index in [2.05, 4.69) is 29.4 Å². The average molecular weight is 337 g/mol. The number of quaternary nitrogens is 1. The molecule has 130 valence electrons. The number of Topliss-reactive ketones (excluding diaryl/α,β-unsaturated/α-hetero) is 1. The predicted octanol–water partition coefficient (Wildman–Crippen LogP) is 3.46. The van der Waals surface area contributed by atoms with E-state index >= 15 is 0 Å². The van der Waals surface area contributed by atoms with E-state index in [9.17, 15) is 4.79 Å². The quantitative estimate of drug-likeness (QED) is 0.649. The Morgan fingerprint density at radius 2 is 1.88 bits per heavy atom. The van der Waals surface area contributed by atoms with Crippen LogP contribution in [-0.2, 0) is 0 Å². The van der Waals surface area contributed by atoms with Crippen molar-refractivity contribution in [3.63, 3.8) is 0 Å². The standard InChI is InChI=1S/C21H24N2O2/c1-4-19(15-9-11-16(25-3)12-10-15)23-14(2)21(24)18-13-22-20-8-6-5-7-17(18)20/h5-14,19,22-23H,4H2,1-3H3/p+1/t14-,19-/m0/s1. The summed E-state index contributed by atoms with van der Waals surface area (Å²) in [5, 5.41) is 3.15. The van der Waals surface area contributed by atoms with E-state index in [-0.39, 0.29) is 17.9 Å². The van der Waals surface area contributed by atoms with Crippen LogP contribution in [0.4, 0.5) is 0 Å². The van der Waals surface area contributed by atoms with Gasteiger partial charge in [0.1, 0.15) is 17.8 Å². The van der Waals surface area contributed by atoms with Crippen LogP contribution in [0.5, 0.6) is 5.75 Å². The molecule has 25 heavy (non-hydrogen) atoms. The van der Waals surface area contributed by atoms with Crippen LogP contribution in [-0.4, -0.2) is 23.9 Å². The van der Waals surface area contributed by atoms with E-state index in [0.717, 1.165) is 28.6 Å². The molecule has 0 spiro atoms. The van der Waals surface area contributed by atoms with Crippen molar-refractivity contribution in [2.75, 3.05) is 7.11 Å². The van der Waals surface area contributed by atoms with E-state index in [1.165, 1.54) is 5.56 Å². The number of para-hydroxylation sites is 1. The molecule has 2 atom stereocenters. The van der Waals surface area contributed by atoms with Gasteiger partial charge in [-0.15, -0.1) is 0 Å². The molecular formula is C21H25N2O2+. The minimum absolute atomic E-state index is 0.147. The SMILES string of the molecule is CC[C@H]([NH2+][C@@H](C)C(=O)c1c[nH]c2ccccc12)c1ccc(OC)cc1. The Kier molecular flexibility index (Phi) is 5.19. The second kappa shape index (κ2) is 7.53. The summed E-state index contributed by atoms with van der Waals surface area (Å²) in [5.41, 5.74) is 2.98. The minimum Gasteiger partial charge on any atom is -0.497 e. The summed E-state index contributed by atoms with van der Waals surface area (Å²) in [6.07, 6.45) is 2.78. The number of carbonyl (C=O) groups is 1. The Morgan fingerprint density at radius 1 is 1.16 bits per heavy atom. The minimum atomic E-state index is -0.147. The van der Waals surface area contributed by atoms with Crippen molar-refractivity contribution in [3.8, 4) is 5.75 Å². The first kappa shape index (κ1) is 17.2. The lowest BCUT2D eigenvalue weighted by molar-refractivity contribution is -0.712. The Morgan fingerprint density at radius 3 is 2.56 bits per heavy atom. The lowest BCUT2D eigenvalue weighted by Gasteiger charge is -2.18. The van der Waals surface area contributed by atoms with Gasteiger partial charge in [0.15, 0.2) is 0 Å². The van der Waals surface area contributed by atoms with Gasteiger partial charge in [-0.2, -0.15) is 0 Å². The molecule has 1 aromatic heterocycles. The molecule has 0 aliphatic carbocycles. The first-order chi connectivity index (χ1) is 12.1. The zero-order valence-corrected chi connectivity index (χ0v) is 15.0. The summed E-state index contributed by atoms with van der Waals surface area (Å²) in [6, 6.07) is 16.1. The molecule has 0 bridgehead atoms. The van der Waals surface area contributed by atoms with Gasteiger partial charge in [-0.1, -0.05) is 25.1 Å². The summed E-state index contributed by atoms with van der Waals surface area (Å²) in [6.45, 7) is 4.13. The zero-order chi connectivity index (χ0) is 17.8. The van der Waals surface area contributed by atoms with Gasteiger partial charge in [-0.25, -0.2) is 0 Å². The largest absolute Gasteiger partial charge is 0.497 e. The zero-order valence-electron chi connectivity index (χ0n) is 15.0. The van der Waals surface area contributed by atoms with Gasteiger partial charge in [-0.3, -0.25) is 4.79 Å². The maximum atomic E-state index is 12.9. The Balaban J connectivity index is 1.77. The van der Waals surface area contributed by atoms with Crippen LogP contribution in [0.15, 0.2) is 54.7 Å². The summed E-state index contributed by atoms with van der Waals surface area (Å²) in [7, 11) is 1.67. The van der Waals surface area contributed by atoms with Crippen LogP contribution >= 0.6 is 0 Å². The number of fused-ring (bicyclic) bond motifs is 1. The number of hydrogen-bond donors (Lipinski definition) is 2. The highest BCUT2D eigenvalue weighted by atomic mass is 16.5. The molecule has 4 heteroatoms. The monoisotopic (exact) mass is 337 g/mol. The number of H-pyrrole nitrogens is 1. The number of methoxy groups -OCH3 is 1. The van der Waals surface area contributed by atoms with Crippen LogP contribution in [0.1, 0.15) is 42.2 Å². The van der Waals surface area contributed by atoms with Gasteiger partial charge in [-0.05, 0) is 37.3 Å². The number of nitrogens with one attached hydrogen (secondary N) is 1. The first-order valence-electron chi connectivity index (χ1n) is 8.73. The molecule has 0 aliphatic rings. The molecule has 3 N–H and O–H groups in total. The fourth-order valence-electron chi connectivity index (χ4n) is 3.29. The predicted molar refractivity (Wildman–Crippen MR) is 100 cm³/mol. The van der Waals surface area contributed by atoms with Crippen molar-refractivity contribution in [1.29, 1.82) is 0 Å². The van der Waals surface area contributed by atoms with Crippen LogP contribution in [0.3, 0.4) is 0 Å². The van der Waals surface area contributed by atoms with E-state index in [0.29, 0.717) is 0 Å². The first-order valence-corrected chi connectivity index (χ1v) is 8.73. The van der Waals surface area contributed by atoms with Gasteiger partial charge < -0.3 is 15.0 Å². The third-order valence-electron chi connectivity index (χ3n) is 4.77. The van der Waals surface area contributed by atoms with Crippen LogP contribution in [0, 0.1) is 0 Å². The van der Waals surface area contributed by atoms with Gasteiger partial charge in [0.25, 0.3) is 0 Å². The number of ketones is 1. The molecule has 0 radical (unpaired) electrons. The van der Waals surface area contributed by atoms with Gasteiger partial charge in [0.2, 0.25) is 5.78 Å². The molecule has 0 amide bonds. The third-order valence-corrected chi connectivity index (χ3v) is 4.77. The van der Waals surface area contributed by atoms with Crippen molar-refractivity contribution >= 4 is 16.7 Å². The smallest absolute Gasteiger partial charge is 0.221 e. The summed E-state index contributed by atoms with van der Waals surface area (Å²) < 4.78 is 5.22. The van der Waals surface area contributed by atoms with Crippen molar-refractivity contribution in [3.05, 3.63) is 65.9 Å². The van der Waals surface area contributed by atoms with Gasteiger partial charge >= 0.3 is 0 Å². The lowest BCUT2D eigenvalue weighted by atomic mass is 10.00. The fourth-order valence-corrected chi connectivity index (χ4v) is 3.29. The number of nitrogens with two attached hydrogens (primary N) is 1. The van der Waals surface area contributed by atoms with E-state index in [1.807, 2.05) is 49.5 Å². The Labute approximate surface area is 148 Å². The number of aromatic nitrogens is 1. The normalized spacial score (nSPS) is 13.6. The molecule has 4 nitrogen and oxygen atoms in total. The molecule has 0 saturated heterocycles. The number of hydrogen-bond acceptors (Lipinski definition) is 2. The highest BCUT2D eigenvalue weighted by Gasteiger charge is 2.25. The molecule has 2 aromatic carbocycles. The van der Waals surface area contributed by atoms with Gasteiger partial charge in [0, 0.05) is 34.6 Å². The van der Waals surface area contributed by atoms with E-state index in [1.54, 1.807) is 7.11 Å². The topological polar surface area (TPSA) is 58.7 Å². The van der Waals surface area contributed by atoms with Crippen molar-refractivity contribution in [2.24, 2.45) is 0 Å². The second-order valence-electron chi connectivity index (χ2n) is 6.38. The fraction of sp³-hybridized carbons (Fsp3) is 0.286. The number of aromatic amines is 1. The van der Waals surface area contributed by atoms with Crippen LogP contribution < -0.4 is 10.1 Å². The van der Waals surface area contributed by atoms with Crippen LogP contribution in [0.2, 0.25) is 0 Å². The molecule has 0 aliphatic heterocycles. The molecule has 0 unspecified atom stereocenters. The second-order valence-corrected chi connectivity index (χ2v) is 6.38. The molecule has 3 aromatic rings. The number of benzene rings is 2.